The van der Waals surface area contributed by atoms with Crippen LogP contribution >= 0.6 is 7.92 Å². The lowest BCUT2D eigenvalue weighted by molar-refractivity contribution is 0.468. The molecule has 0 radical (unpaired) electrons. The minimum atomic E-state index is -0.898. The summed E-state index contributed by atoms with van der Waals surface area (Å²) in [5.74, 6) is 3.50. The molecular weight excluding hydrogens is 497 g/mol. The predicted molar refractivity (Wildman–Crippen MR) is 159 cm³/mol. The van der Waals surface area contributed by atoms with Crippen molar-refractivity contribution in [2.75, 3.05) is 0 Å². The van der Waals surface area contributed by atoms with Gasteiger partial charge in [0.25, 0.3) is 0 Å². The molecule has 0 aliphatic carbocycles. The van der Waals surface area contributed by atoms with Crippen LogP contribution in [0.2, 0.25) is 0 Å². The molecule has 8 rings (SSSR count). The van der Waals surface area contributed by atoms with Gasteiger partial charge in [0.1, 0.15) is 23.0 Å². The van der Waals surface area contributed by atoms with Crippen molar-refractivity contribution in [2.45, 2.75) is 0 Å². The van der Waals surface area contributed by atoms with E-state index < -0.39 is 7.92 Å². The molecule has 39 heavy (non-hydrogen) atoms. The Morgan fingerprint density at radius 1 is 0.487 bits per heavy atom. The van der Waals surface area contributed by atoms with Gasteiger partial charge in [-0.05, 0) is 70.8 Å². The fraction of sp³-hybridized carbons (Fsp3) is 0. The van der Waals surface area contributed by atoms with E-state index >= 15 is 0 Å². The molecule has 6 aromatic rings. The third-order valence-electron chi connectivity index (χ3n) is 7.31. The molecule has 1 aromatic heterocycles. The molecular formula is C35H22NO2P. The minimum Gasteiger partial charge on any atom is -0.456 e. The highest BCUT2D eigenvalue weighted by Gasteiger charge is 2.38. The normalized spacial score (nSPS) is 14.3. The van der Waals surface area contributed by atoms with E-state index in [9.17, 15) is 0 Å². The highest BCUT2D eigenvalue weighted by atomic mass is 31.1. The van der Waals surface area contributed by atoms with Gasteiger partial charge in [-0.1, -0.05) is 78.9 Å². The maximum absolute atomic E-state index is 6.78. The maximum Gasteiger partial charge on any atom is 0.148 e. The summed E-state index contributed by atoms with van der Waals surface area (Å²) in [6, 6.07) is 44.3. The van der Waals surface area contributed by atoms with Crippen LogP contribution < -0.4 is 25.4 Å². The molecule has 3 heterocycles. The predicted octanol–water partition coefficient (Wildman–Crippen LogP) is 8.05. The van der Waals surface area contributed by atoms with Gasteiger partial charge < -0.3 is 9.47 Å². The summed E-state index contributed by atoms with van der Waals surface area (Å²) < 4.78 is 13.4. The van der Waals surface area contributed by atoms with E-state index in [0.717, 1.165) is 50.7 Å². The molecule has 1 unspecified atom stereocenters. The molecule has 2 aliphatic rings. The first-order valence-electron chi connectivity index (χ1n) is 13.0. The van der Waals surface area contributed by atoms with E-state index in [4.69, 9.17) is 9.47 Å². The van der Waals surface area contributed by atoms with Crippen LogP contribution in [0.5, 0.6) is 23.0 Å². The van der Waals surface area contributed by atoms with Crippen molar-refractivity contribution in [3.8, 4) is 56.5 Å². The van der Waals surface area contributed by atoms with E-state index in [1.807, 2.05) is 36.5 Å². The standard InChI is InChI=1S/C35H22NO2P/c1-3-9-23(10-4-1)25-14-18-32-30(21-25)37-29-17-16-27(28-13-7-8-20-36-28)34-35(29)39(32)33-19-15-26(22-31(33)38-34)24-11-5-2-6-12-24/h1-22H. The molecule has 0 saturated heterocycles. The zero-order valence-corrected chi connectivity index (χ0v) is 21.8. The zero-order chi connectivity index (χ0) is 25.8. The number of aromatic nitrogens is 1. The average Bonchev–Trinajstić information content (AvgIpc) is 3.01. The number of fused-ring (bicyclic) bond motifs is 4. The van der Waals surface area contributed by atoms with Gasteiger partial charge in [-0.25, -0.2) is 0 Å². The lowest BCUT2D eigenvalue weighted by Crippen LogP contribution is -2.32. The van der Waals surface area contributed by atoms with E-state index in [1.54, 1.807) is 0 Å². The van der Waals surface area contributed by atoms with Gasteiger partial charge in [-0.2, -0.15) is 0 Å². The number of ether oxygens (including phenoxy) is 2. The maximum atomic E-state index is 6.78. The van der Waals surface area contributed by atoms with Crippen molar-refractivity contribution >= 4 is 23.8 Å². The number of hydrogen-bond donors (Lipinski definition) is 0. The van der Waals surface area contributed by atoms with Gasteiger partial charge in [0.2, 0.25) is 0 Å². The van der Waals surface area contributed by atoms with Crippen LogP contribution in [-0.4, -0.2) is 4.98 Å². The van der Waals surface area contributed by atoms with Crippen molar-refractivity contribution in [3.63, 3.8) is 0 Å². The van der Waals surface area contributed by atoms with Crippen LogP contribution in [0.3, 0.4) is 0 Å². The van der Waals surface area contributed by atoms with Crippen molar-refractivity contribution in [3.05, 3.63) is 134 Å². The Morgan fingerprint density at radius 3 is 1.72 bits per heavy atom. The van der Waals surface area contributed by atoms with Crippen molar-refractivity contribution in [1.29, 1.82) is 0 Å². The Morgan fingerprint density at radius 2 is 1.10 bits per heavy atom. The second-order valence-corrected chi connectivity index (χ2v) is 11.7. The molecule has 0 N–H and O–H groups in total. The number of nitrogens with zero attached hydrogens (tertiary/aromatic N) is 1. The molecule has 184 valence electrons. The largest absolute Gasteiger partial charge is 0.456 e. The fourth-order valence-electron chi connectivity index (χ4n) is 5.45. The molecule has 0 bridgehead atoms. The summed E-state index contributed by atoms with van der Waals surface area (Å²) in [5, 5.41) is 3.52. The summed E-state index contributed by atoms with van der Waals surface area (Å²) >= 11 is 0. The first kappa shape index (κ1) is 22.3. The summed E-state index contributed by atoms with van der Waals surface area (Å²) in [7, 11) is -0.898. The first-order valence-corrected chi connectivity index (χ1v) is 14.3. The van der Waals surface area contributed by atoms with Crippen LogP contribution in [0.4, 0.5) is 0 Å². The molecule has 5 aromatic carbocycles. The number of hydrogen-bond acceptors (Lipinski definition) is 3. The fourth-order valence-corrected chi connectivity index (χ4v) is 8.01. The lowest BCUT2D eigenvalue weighted by atomic mass is 10.0. The Balaban J connectivity index is 1.35. The first-order chi connectivity index (χ1) is 19.3. The summed E-state index contributed by atoms with van der Waals surface area (Å²) in [4.78, 5) is 4.65. The monoisotopic (exact) mass is 519 g/mol. The third-order valence-corrected chi connectivity index (χ3v) is 9.88. The van der Waals surface area contributed by atoms with Crippen molar-refractivity contribution in [2.24, 2.45) is 0 Å². The van der Waals surface area contributed by atoms with Gasteiger partial charge in [0, 0.05) is 30.3 Å². The zero-order valence-electron chi connectivity index (χ0n) is 20.9. The van der Waals surface area contributed by atoms with Crippen molar-refractivity contribution in [1.82, 2.24) is 4.98 Å². The van der Waals surface area contributed by atoms with Crippen molar-refractivity contribution < 1.29 is 9.47 Å². The van der Waals surface area contributed by atoms with Gasteiger partial charge >= 0.3 is 0 Å². The molecule has 0 fully saturated rings. The summed E-state index contributed by atoms with van der Waals surface area (Å²) in [6.45, 7) is 0. The van der Waals surface area contributed by atoms with E-state index in [0.29, 0.717) is 0 Å². The second-order valence-electron chi connectivity index (χ2n) is 9.64. The topological polar surface area (TPSA) is 31.4 Å². The highest BCUT2D eigenvalue weighted by molar-refractivity contribution is 7.80. The lowest BCUT2D eigenvalue weighted by Gasteiger charge is -2.35. The minimum absolute atomic E-state index is 0.841. The Labute approximate surface area is 228 Å². The van der Waals surface area contributed by atoms with Crippen LogP contribution in [-0.2, 0) is 0 Å². The number of pyridine rings is 1. The molecule has 0 saturated carbocycles. The van der Waals surface area contributed by atoms with Crippen LogP contribution in [0.25, 0.3) is 33.5 Å². The van der Waals surface area contributed by atoms with Gasteiger partial charge in [-0.3, -0.25) is 4.98 Å². The Bertz CT molecular complexity index is 1840. The van der Waals surface area contributed by atoms with E-state index in [1.165, 1.54) is 21.7 Å². The number of benzene rings is 5. The third kappa shape index (κ3) is 3.66. The molecule has 0 spiro atoms. The van der Waals surface area contributed by atoms with Gasteiger partial charge in [0.05, 0.1) is 11.0 Å². The van der Waals surface area contributed by atoms with Crippen LogP contribution in [0.1, 0.15) is 0 Å². The molecule has 4 heteroatoms. The van der Waals surface area contributed by atoms with E-state index in [-0.39, 0.29) is 0 Å². The van der Waals surface area contributed by atoms with Gasteiger partial charge in [0.15, 0.2) is 0 Å². The number of rotatable bonds is 3. The SMILES string of the molecule is c1ccc(-c2ccc3c(c2)Oc2ccc(-c4ccccn4)c4c2P3c2ccc(-c3ccccc3)cc2O4)cc1. The molecule has 1 atom stereocenters. The molecule has 2 aliphatic heterocycles. The molecule has 0 amide bonds. The van der Waals surface area contributed by atoms with E-state index in [2.05, 4.69) is 102 Å². The molecule has 3 nitrogen and oxygen atoms in total. The smallest absolute Gasteiger partial charge is 0.148 e. The Kier molecular flexibility index (Phi) is 5.11. The summed E-state index contributed by atoms with van der Waals surface area (Å²) in [5.41, 5.74) is 6.49. The Hall–Kier alpha value is -4.72. The van der Waals surface area contributed by atoms with Crippen LogP contribution in [0, 0.1) is 0 Å². The summed E-state index contributed by atoms with van der Waals surface area (Å²) in [6.07, 6.45) is 1.82. The average molecular weight is 520 g/mol. The quantitative estimate of drug-likeness (QED) is 0.221. The highest BCUT2D eigenvalue weighted by Crippen LogP contribution is 2.55. The van der Waals surface area contributed by atoms with Crippen LogP contribution in [0.15, 0.2) is 134 Å². The second kappa shape index (κ2) is 8.94. The van der Waals surface area contributed by atoms with Gasteiger partial charge in [-0.15, -0.1) is 0 Å².